The van der Waals surface area contributed by atoms with E-state index in [2.05, 4.69) is 39.1 Å². The Hall–Kier alpha value is -1.84. The summed E-state index contributed by atoms with van der Waals surface area (Å²) in [6, 6.07) is 10.3. The summed E-state index contributed by atoms with van der Waals surface area (Å²) < 4.78 is 2.28. The van der Waals surface area contributed by atoms with Crippen molar-refractivity contribution < 1.29 is 0 Å². The van der Waals surface area contributed by atoms with E-state index in [0.29, 0.717) is 5.92 Å². The Morgan fingerprint density at radius 1 is 1.28 bits per heavy atom. The summed E-state index contributed by atoms with van der Waals surface area (Å²) in [7, 11) is 0. The van der Waals surface area contributed by atoms with Crippen molar-refractivity contribution in [2.45, 2.75) is 32.2 Å². The molecule has 0 saturated carbocycles. The second-order valence-electron chi connectivity index (χ2n) is 4.86. The largest absolute Gasteiger partial charge is 0.385 e. The van der Waals surface area contributed by atoms with Crippen molar-refractivity contribution in [3.63, 3.8) is 0 Å². The van der Waals surface area contributed by atoms with Crippen molar-refractivity contribution >= 4 is 5.69 Å². The highest BCUT2D eigenvalue weighted by Crippen LogP contribution is 2.26. The minimum Gasteiger partial charge on any atom is -0.385 e. The summed E-state index contributed by atoms with van der Waals surface area (Å²) in [4.78, 5) is 0. The van der Waals surface area contributed by atoms with Crippen LogP contribution in [0.5, 0.6) is 0 Å². The normalized spacial score (nSPS) is 17.7. The molecule has 1 aromatic heterocycles. The van der Waals surface area contributed by atoms with E-state index in [1.165, 1.54) is 6.42 Å². The van der Waals surface area contributed by atoms with E-state index >= 15 is 0 Å². The number of fused-ring (bicyclic) bond motifs is 1. The van der Waals surface area contributed by atoms with Gasteiger partial charge >= 0.3 is 0 Å². The van der Waals surface area contributed by atoms with E-state index in [-0.39, 0.29) is 0 Å². The SMILES string of the molecule is CC1CCn2c(CCNc3ccccc3)nnc21. The van der Waals surface area contributed by atoms with Crippen LogP contribution in [-0.2, 0) is 13.0 Å². The lowest BCUT2D eigenvalue weighted by molar-refractivity contribution is 0.660. The van der Waals surface area contributed by atoms with Crippen molar-refractivity contribution in [3.8, 4) is 0 Å². The smallest absolute Gasteiger partial charge is 0.135 e. The van der Waals surface area contributed by atoms with Crippen LogP contribution in [0.1, 0.15) is 30.9 Å². The molecule has 1 aromatic carbocycles. The van der Waals surface area contributed by atoms with Gasteiger partial charge in [0.15, 0.2) is 0 Å². The summed E-state index contributed by atoms with van der Waals surface area (Å²) in [5.41, 5.74) is 1.16. The molecule has 0 radical (unpaired) electrons. The van der Waals surface area contributed by atoms with Crippen LogP contribution in [0.25, 0.3) is 0 Å². The predicted octanol–water partition coefficient (Wildman–Crippen LogP) is 2.44. The van der Waals surface area contributed by atoms with Crippen LogP contribution in [0.4, 0.5) is 5.69 Å². The third-order valence-corrected chi connectivity index (χ3v) is 3.53. The third-order valence-electron chi connectivity index (χ3n) is 3.53. The second kappa shape index (κ2) is 4.80. The molecule has 0 bridgehead atoms. The first-order valence-electron chi connectivity index (χ1n) is 6.55. The average Bonchev–Trinajstić information content (AvgIpc) is 2.96. The van der Waals surface area contributed by atoms with Gasteiger partial charge in [-0.25, -0.2) is 0 Å². The minimum atomic E-state index is 0.563. The Labute approximate surface area is 107 Å². The molecule has 94 valence electrons. The second-order valence-corrected chi connectivity index (χ2v) is 4.86. The van der Waals surface area contributed by atoms with E-state index in [1.54, 1.807) is 0 Å². The van der Waals surface area contributed by atoms with Crippen molar-refractivity contribution in [3.05, 3.63) is 42.0 Å². The average molecular weight is 242 g/mol. The van der Waals surface area contributed by atoms with E-state index in [0.717, 1.165) is 36.8 Å². The zero-order valence-corrected chi connectivity index (χ0v) is 10.6. The maximum Gasteiger partial charge on any atom is 0.135 e. The molecule has 4 heteroatoms. The first-order valence-corrected chi connectivity index (χ1v) is 6.55. The number of para-hydroxylation sites is 1. The molecular weight excluding hydrogens is 224 g/mol. The molecule has 2 aromatic rings. The lowest BCUT2D eigenvalue weighted by atomic mass is 10.1. The maximum absolute atomic E-state index is 4.29. The lowest BCUT2D eigenvalue weighted by Gasteiger charge is -2.06. The molecule has 1 unspecified atom stereocenters. The number of hydrogen-bond donors (Lipinski definition) is 1. The maximum atomic E-state index is 4.29. The number of anilines is 1. The Kier molecular flexibility index (Phi) is 3.00. The van der Waals surface area contributed by atoms with E-state index < -0.39 is 0 Å². The monoisotopic (exact) mass is 242 g/mol. The number of hydrogen-bond acceptors (Lipinski definition) is 3. The van der Waals surface area contributed by atoms with Gasteiger partial charge in [0.1, 0.15) is 11.6 Å². The summed E-state index contributed by atoms with van der Waals surface area (Å²) in [6.07, 6.45) is 2.12. The number of nitrogens with zero attached hydrogens (tertiary/aromatic N) is 3. The van der Waals surface area contributed by atoms with Crippen LogP contribution < -0.4 is 5.32 Å². The number of aromatic nitrogens is 3. The van der Waals surface area contributed by atoms with Crippen molar-refractivity contribution in [2.24, 2.45) is 0 Å². The van der Waals surface area contributed by atoms with Gasteiger partial charge in [0.25, 0.3) is 0 Å². The number of nitrogens with one attached hydrogen (secondary N) is 1. The van der Waals surface area contributed by atoms with Gasteiger partial charge in [0, 0.05) is 31.1 Å². The summed E-state index contributed by atoms with van der Waals surface area (Å²) in [5, 5.41) is 12.0. The summed E-state index contributed by atoms with van der Waals surface area (Å²) >= 11 is 0. The predicted molar refractivity (Wildman–Crippen MR) is 71.7 cm³/mol. The minimum absolute atomic E-state index is 0.563. The van der Waals surface area contributed by atoms with Gasteiger partial charge < -0.3 is 9.88 Å². The molecule has 1 atom stereocenters. The van der Waals surface area contributed by atoms with Gasteiger partial charge in [-0.2, -0.15) is 0 Å². The van der Waals surface area contributed by atoms with Crippen molar-refractivity contribution in [2.75, 3.05) is 11.9 Å². The Balaban J connectivity index is 1.60. The van der Waals surface area contributed by atoms with E-state index in [9.17, 15) is 0 Å². The molecule has 1 N–H and O–H groups in total. The van der Waals surface area contributed by atoms with E-state index in [4.69, 9.17) is 0 Å². The molecule has 0 spiro atoms. The summed E-state index contributed by atoms with van der Waals surface area (Å²) in [5.74, 6) is 2.83. The zero-order valence-electron chi connectivity index (χ0n) is 10.6. The molecule has 0 aliphatic carbocycles. The van der Waals surface area contributed by atoms with Gasteiger partial charge in [0.2, 0.25) is 0 Å². The molecule has 0 fully saturated rings. The van der Waals surface area contributed by atoms with Gasteiger partial charge in [0.05, 0.1) is 0 Å². The van der Waals surface area contributed by atoms with Gasteiger partial charge in [-0.15, -0.1) is 10.2 Å². The van der Waals surface area contributed by atoms with Crippen LogP contribution in [0.2, 0.25) is 0 Å². The van der Waals surface area contributed by atoms with Crippen molar-refractivity contribution in [1.82, 2.24) is 14.8 Å². The molecule has 0 amide bonds. The lowest BCUT2D eigenvalue weighted by Crippen LogP contribution is -2.09. The number of rotatable bonds is 4. The quantitative estimate of drug-likeness (QED) is 0.895. The van der Waals surface area contributed by atoms with Gasteiger partial charge in [-0.1, -0.05) is 25.1 Å². The Bertz CT molecular complexity index is 518. The van der Waals surface area contributed by atoms with Gasteiger partial charge in [-0.05, 0) is 18.6 Å². The zero-order chi connectivity index (χ0) is 12.4. The fourth-order valence-electron chi connectivity index (χ4n) is 2.47. The third kappa shape index (κ3) is 2.10. The van der Waals surface area contributed by atoms with Crippen LogP contribution >= 0.6 is 0 Å². The van der Waals surface area contributed by atoms with Crippen LogP contribution in [0, 0.1) is 0 Å². The molecular formula is C14H18N4. The van der Waals surface area contributed by atoms with Crippen LogP contribution in [0.3, 0.4) is 0 Å². The Morgan fingerprint density at radius 3 is 2.94 bits per heavy atom. The molecule has 18 heavy (non-hydrogen) atoms. The van der Waals surface area contributed by atoms with E-state index in [1.807, 2.05) is 18.2 Å². The molecule has 3 rings (SSSR count). The highest BCUT2D eigenvalue weighted by atomic mass is 15.3. The standard InChI is InChI=1S/C14H18N4/c1-11-8-10-18-13(16-17-14(11)18)7-9-15-12-5-3-2-4-6-12/h2-6,11,15H,7-10H2,1H3. The summed E-state index contributed by atoms with van der Waals surface area (Å²) in [6.45, 7) is 4.19. The Morgan fingerprint density at radius 2 is 2.11 bits per heavy atom. The van der Waals surface area contributed by atoms with Gasteiger partial charge in [-0.3, -0.25) is 0 Å². The molecule has 2 heterocycles. The van der Waals surface area contributed by atoms with Crippen molar-refractivity contribution in [1.29, 1.82) is 0 Å². The molecule has 1 aliphatic heterocycles. The fourth-order valence-corrected chi connectivity index (χ4v) is 2.47. The first kappa shape index (κ1) is 11.3. The van der Waals surface area contributed by atoms with Crippen LogP contribution in [0.15, 0.2) is 30.3 Å². The topological polar surface area (TPSA) is 42.7 Å². The molecule has 1 aliphatic rings. The fraction of sp³-hybridized carbons (Fsp3) is 0.429. The molecule has 0 saturated heterocycles. The first-order chi connectivity index (χ1) is 8.84. The highest BCUT2D eigenvalue weighted by Gasteiger charge is 2.23. The highest BCUT2D eigenvalue weighted by molar-refractivity contribution is 5.42. The number of benzene rings is 1. The molecule has 4 nitrogen and oxygen atoms in total. The van der Waals surface area contributed by atoms with Crippen LogP contribution in [-0.4, -0.2) is 21.3 Å².